The van der Waals surface area contributed by atoms with E-state index in [0.717, 1.165) is 17.5 Å². The summed E-state index contributed by atoms with van der Waals surface area (Å²) in [4.78, 5) is 31.1. The Morgan fingerprint density at radius 2 is 1.88 bits per heavy atom. The second kappa shape index (κ2) is 7.69. The van der Waals surface area contributed by atoms with Crippen LogP contribution in [-0.2, 0) is 9.53 Å². The van der Waals surface area contributed by atoms with Gasteiger partial charge in [0.1, 0.15) is 17.1 Å². The molecule has 2 aliphatic rings. The van der Waals surface area contributed by atoms with E-state index < -0.39 is 5.60 Å². The van der Waals surface area contributed by atoms with Crippen molar-refractivity contribution >= 4 is 17.5 Å². The van der Waals surface area contributed by atoms with Crippen LogP contribution in [0.5, 0.6) is 0 Å². The number of ether oxygens (including phenoxy) is 1. The molecule has 3 aromatic rings. The quantitative estimate of drug-likeness (QED) is 0.581. The number of likely N-dealkylation sites (tertiary alicyclic amines) is 1. The van der Waals surface area contributed by atoms with Gasteiger partial charge in [0.15, 0.2) is 5.65 Å². The highest BCUT2D eigenvalue weighted by atomic mass is 19.1. The molecule has 0 atom stereocenters. The zero-order chi connectivity index (χ0) is 22.5. The average molecular weight is 436 g/mol. The number of fused-ring (bicyclic) bond motifs is 1. The molecule has 8 heteroatoms. The van der Waals surface area contributed by atoms with Crippen LogP contribution in [0.4, 0.5) is 4.39 Å². The van der Waals surface area contributed by atoms with Gasteiger partial charge < -0.3 is 9.64 Å². The summed E-state index contributed by atoms with van der Waals surface area (Å²) in [5, 5.41) is 4.64. The van der Waals surface area contributed by atoms with E-state index in [1.54, 1.807) is 27.7 Å². The molecule has 0 saturated carbocycles. The van der Waals surface area contributed by atoms with Crippen LogP contribution < -0.4 is 0 Å². The van der Waals surface area contributed by atoms with E-state index in [0.29, 0.717) is 49.4 Å². The molecule has 1 spiro atoms. The van der Waals surface area contributed by atoms with Crippen molar-refractivity contribution in [3.8, 4) is 11.3 Å². The lowest BCUT2D eigenvalue weighted by molar-refractivity contribution is -0.151. The molecule has 0 unspecified atom stereocenters. The van der Waals surface area contributed by atoms with Crippen molar-refractivity contribution in [2.24, 2.45) is 0 Å². The number of piperidine rings is 1. The van der Waals surface area contributed by atoms with Crippen molar-refractivity contribution in [1.82, 2.24) is 19.5 Å². The lowest BCUT2D eigenvalue weighted by atomic mass is 9.88. The van der Waals surface area contributed by atoms with Gasteiger partial charge in [-0.2, -0.15) is 5.10 Å². The number of esters is 1. The number of rotatable bonds is 3. The third kappa shape index (κ3) is 3.63. The summed E-state index contributed by atoms with van der Waals surface area (Å²) in [6.07, 6.45) is 4.16. The van der Waals surface area contributed by atoms with Crippen LogP contribution in [0.2, 0.25) is 0 Å². The topological polar surface area (TPSA) is 76.8 Å². The zero-order valence-corrected chi connectivity index (χ0v) is 18.2. The summed E-state index contributed by atoms with van der Waals surface area (Å²) < 4.78 is 20.5. The first kappa shape index (κ1) is 20.6. The Morgan fingerprint density at radius 1 is 1.16 bits per heavy atom. The molecule has 2 saturated heterocycles. The predicted octanol–water partition coefficient (Wildman–Crippen LogP) is 3.97. The van der Waals surface area contributed by atoms with Crippen molar-refractivity contribution in [3.05, 3.63) is 53.6 Å². The first-order chi connectivity index (χ1) is 15.3. The fourth-order valence-corrected chi connectivity index (χ4v) is 4.60. The van der Waals surface area contributed by atoms with Crippen molar-refractivity contribution < 1.29 is 18.7 Å². The Kier molecular flexibility index (Phi) is 4.95. The molecule has 0 bridgehead atoms. The van der Waals surface area contributed by atoms with Crippen LogP contribution in [-0.4, -0.2) is 50.1 Å². The van der Waals surface area contributed by atoms with Crippen LogP contribution in [0.15, 0.2) is 36.5 Å². The van der Waals surface area contributed by atoms with Crippen LogP contribution in [0.25, 0.3) is 16.9 Å². The molecular formula is C24H25FN4O3. The largest absolute Gasteiger partial charge is 0.459 e. The zero-order valence-electron chi connectivity index (χ0n) is 18.2. The Labute approximate surface area is 185 Å². The van der Waals surface area contributed by atoms with Crippen molar-refractivity contribution in [1.29, 1.82) is 0 Å². The van der Waals surface area contributed by atoms with Gasteiger partial charge >= 0.3 is 5.97 Å². The second-order valence-corrected chi connectivity index (χ2v) is 8.99. The van der Waals surface area contributed by atoms with E-state index in [-0.39, 0.29) is 23.6 Å². The maximum absolute atomic E-state index is 13.3. The van der Waals surface area contributed by atoms with Crippen LogP contribution in [0.3, 0.4) is 0 Å². The van der Waals surface area contributed by atoms with Gasteiger partial charge in [0.25, 0.3) is 5.91 Å². The molecule has 0 radical (unpaired) electrons. The molecule has 0 N–H and O–H groups in total. The van der Waals surface area contributed by atoms with Gasteiger partial charge in [0.05, 0.1) is 11.9 Å². The normalized spacial score (nSPS) is 18.0. The molecular weight excluding hydrogens is 411 g/mol. The van der Waals surface area contributed by atoms with Crippen molar-refractivity contribution in [2.75, 3.05) is 13.1 Å². The lowest BCUT2D eigenvalue weighted by Crippen LogP contribution is -2.46. The number of carbonyl (C=O) groups is 2. The smallest absolute Gasteiger partial charge is 0.306 e. The summed E-state index contributed by atoms with van der Waals surface area (Å²) in [6.45, 7) is 5.19. The van der Waals surface area contributed by atoms with Crippen LogP contribution in [0, 0.1) is 5.82 Å². The maximum Gasteiger partial charge on any atom is 0.306 e. The summed E-state index contributed by atoms with van der Waals surface area (Å²) in [5.74, 6) is -0.427. The van der Waals surface area contributed by atoms with Crippen LogP contribution >= 0.6 is 0 Å². The fourth-order valence-electron chi connectivity index (χ4n) is 4.60. The summed E-state index contributed by atoms with van der Waals surface area (Å²) in [7, 11) is 0. The highest BCUT2D eigenvalue weighted by Gasteiger charge is 2.43. The first-order valence-corrected chi connectivity index (χ1v) is 11.0. The highest BCUT2D eigenvalue weighted by molar-refractivity contribution is 5.93. The van der Waals surface area contributed by atoms with Gasteiger partial charge in [-0.25, -0.2) is 13.9 Å². The molecule has 5 rings (SSSR count). The van der Waals surface area contributed by atoms with Gasteiger partial charge in [-0.3, -0.25) is 9.59 Å². The number of amides is 1. The number of nitrogens with zero attached hydrogens (tertiary/aromatic N) is 4. The van der Waals surface area contributed by atoms with Gasteiger partial charge in [-0.15, -0.1) is 0 Å². The SMILES string of the molecule is CC(C)c1cc(-c2ccc(F)cc2)nn2cc(C(=O)N3CCC4(CCC(=O)O4)CC3)nc12. The van der Waals surface area contributed by atoms with E-state index in [1.807, 2.05) is 6.07 Å². The van der Waals surface area contributed by atoms with Gasteiger partial charge in [-0.1, -0.05) is 13.8 Å². The molecule has 4 heterocycles. The lowest BCUT2D eigenvalue weighted by Gasteiger charge is -2.37. The van der Waals surface area contributed by atoms with Gasteiger partial charge in [0, 0.05) is 43.5 Å². The highest BCUT2D eigenvalue weighted by Crippen LogP contribution is 2.36. The Balaban J connectivity index is 1.43. The van der Waals surface area contributed by atoms with Gasteiger partial charge in [-0.05, 0) is 42.7 Å². The van der Waals surface area contributed by atoms with E-state index in [4.69, 9.17) is 4.74 Å². The molecule has 0 aliphatic carbocycles. The monoisotopic (exact) mass is 436 g/mol. The standard InChI is InChI=1S/C24H25FN4O3/c1-15(2)18-13-19(16-3-5-17(25)6-4-16)27-29-14-20(26-22(18)29)23(31)28-11-9-24(10-12-28)8-7-21(30)32-24/h3-6,13-15H,7-12H2,1-2H3. The van der Waals surface area contributed by atoms with E-state index in [2.05, 4.69) is 23.9 Å². The minimum absolute atomic E-state index is 0.144. The number of benzene rings is 1. The number of imidazole rings is 1. The van der Waals surface area contributed by atoms with E-state index in [1.165, 1.54) is 12.1 Å². The van der Waals surface area contributed by atoms with E-state index >= 15 is 0 Å². The number of hydrogen-bond acceptors (Lipinski definition) is 5. The van der Waals surface area contributed by atoms with Gasteiger partial charge in [0.2, 0.25) is 0 Å². The van der Waals surface area contributed by atoms with Crippen molar-refractivity contribution in [3.63, 3.8) is 0 Å². The molecule has 1 amide bonds. The second-order valence-electron chi connectivity index (χ2n) is 8.99. The Morgan fingerprint density at radius 3 is 2.50 bits per heavy atom. The molecule has 166 valence electrons. The third-order valence-corrected chi connectivity index (χ3v) is 6.51. The molecule has 2 fully saturated rings. The number of aromatic nitrogens is 3. The molecule has 2 aromatic heterocycles. The molecule has 7 nitrogen and oxygen atoms in total. The summed E-state index contributed by atoms with van der Waals surface area (Å²) >= 11 is 0. The number of hydrogen-bond donors (Lipinski definition) is 0. The van der Waals surface area contributed by atoms with Crippen molar-refractivity contribution in [2.45, 2.75) is 51.0 Å². The molecule has 32 heavy (non-hydrogen) atoms. The average Bonchev–Trinajstić information content (AvgIpc) is 3.37. The molecule has 2 aliphatic heterocycles. The third-order valence-electron chi connectivity index (χ3n) is 6.51. The summed E-state index contributed by atoms with van der Waals surface area (Å²) in [5.41, 5.74) is 3.05. The first-order valence-electron chi connectivity index (χ1n) is 11.0. The number of carbonyl (C=O) groups excluding carboxylic acids is 2. The Bertz CT molecular complexity index is 1190. The molecule has 1 aromatic carbocycles. The van der Waals surface area contributed by atoms with E-state index in [9.17, 15) is 14.0 Å². The Hall–Kier alpha value is -3.29. The fraction of sp³-hybridized carbons (Fsp3) is 0.417. The maximum atomic E-state index is 13.3. The predicted molar refractivity (Wildman–Crippen MR) is 116 cm³/mol. The number of halogens is 1. The minimum Gasteiger partial charge on any atom is -0.459 e. The van der Waals surface area contributed by atoms with Crippen LogP contribution in [0.1, 0.15) is 61.5 Å². The minimum atomic E-state index is -0.400. The summed E-state index contributed by atoms with van der Waals surface area (Å²) in [6, 6.07) is 8.15.